The molecule has 1 N–H and O–H groups in total. The zero-order chi connectivity index (χ0) is 17.2. The highest BCUT2D eigenvalue weighted by atomic mass is 32.2. The Morgan fingerprint density at radius 2 is 1.79 bits per heavy atom. The van der Waals surface area contributed by atoms with E-state index < -0.39 is 10.0 Å². The largest absolute Gasteiger partial charge is 0.497 e. The van der Waals surface area contributed by atoms with Crippen LogP contribution in [0.4, 0.5) is 0 Å². The fourth-order valence-electron chi connectivity index (χ4n) is 2.99. The van der Waals surface area contributed by atoms with Gasteiger partial charge in [0, 0.05) is 12.1 Å². The normalized spacial score (nSPS) is 13.6. The summed E-state index contributed by atoms with van der Waals surface area (Å²) >= 11 is 0. The Hall–Kier alpha value is -2.05. The van der Waals surface area contributed by atoms with Gasteiger partial charge >= 0.3 is 0 Å². The van der Waals surface area contributed by atoms with Crippen LogP contribution in [0.3, 0.4) is 0 Å². The molecule has 1 aliphatic rings. The standard InChI is InChI=1S/C18H21NO4S/c1-22-16-7-9-18(23-2)15(10-16)12-19-24(20,21)17-8-6-13-4-3-5-14(13)11-17/h6-11,19H,3-5,12H2,1-2H3. The summed E-state index contributed by atoms with van der Waals surface area (Å²) in [4.78, 5) is 0.310. The molecule has 0 saturated heterocycles. The fourth-order valence-corrected chi connectivity index (χ4v) is 4.05. The van der Waals surface area contributed by atoms with Gasteiger partial charge in [-0.3, -0.25) is 0 Å². The predicted octanol–water partition coefficient (Wildman–Crippen LogP) is 2.67. The second-order valence-electron chi connectivity index (χ2n) is 5.79. The van der Waals surface area contributed by atoms with Gasteiger partial charge < -0.3 is 9.47 Å². The molecular formula is C18H21NO4S. The summed E-state index contributed by atoms with van der Waals surface area (Å²) in [7, 11) is -0.445. The molecule has 0 spiro atoms. The van der Waals surface area contributed by atoms with E-state index in [2.05, 4.69) is 4.72 Å². The maximum absolute atomic E-state index is 12.6. The van der Waals surface area contributed by atoms with E-state index in [0.717, 1.165) is 30.4 Å². The van der Waals surface area contributed by atoms with Crippen molar-refractivity contribution in [3.8, 4) is 11.5 Å². The molecule has 5 nitrogen and oxygen atoms in total. The second-order valence-corrected chi connectivity index (χ2v) is 7.55. The topological polar surface area (TPSA) is 64.6 Å². The van der Waals surface area contributed by atoms with Crippen LogP contribution >= 0.6 is 0 Å². The van der Waals surface area contributed by atoms with Gasteiger partial charge in [-0.25, -0.2) is 13.1 Å². The van der Waals surface area contributed by atoms with E-state index >= 15 is 0 Å². The molecule has 0 saturated carbocycles. The highest BCUT2D eigenvalue weighted by Crippen LogP contribution is 2.26. The van der Waals surface area contributed by atoms with Crippen LogP contribution in [0, 0.1) is 0 Å². The second kappa shape index (κ2) is 6.83. The van der Waals surface area contributed by atoms with E-state index in [9.17, 15) is 8.42 Å². The summed E-state index contributed by atoms with van der Waals surface area (Å²) in [6, 6.07) is 10.7. The van der Waals surface area contributed by atoms with Crippen LogP contribution in [-0.4, -0.2) is 22.6 Å². The Bertz CT molecular complexity index is 846. The molecule has 0 atom stereocenters. The van der Waals surface area contributed by atoms with Crippen LogP contribution in [0.5, 0.6) is 11.5 Å². The number of hydrogen-bond donors (Lipinski definition) is 1. The van der Waals surface area contributed by atoms with Crippen LogP contribution in [0.2, 0.25) is 0 Å². The molecule has 0 amide bonds. The van der Waals surface area contributed by atoms with Gasteiger partial charge in [0.05, 0.1) is 19.1 Å². The van der Waals surface area contributed by atoms with Crippen LogP contribution in [0.25, 0.3) is 0 Å². The van der Waals surface area contributed by atoms with Crippen molar-refractivity contribution in [2.75, 3.05) is 14.2 Å². The minimum atomic E-state index is -3.57. The molecule has 1 aliphatic carbocycles. The molecule has 0 bridgehead atoms. The molecule has 0 unspecified atom stereocenters. The Morgan fingerprint density at radius 1 is 1.00 bits per heavy atom. The number of rotatable bonds is 6. The lowest BCUT2D eigenvalue weighted by Crippen LogP contribution is -2.23. The Kier molecular flexibility index (Phi) is 4.78. The number of methoxy groups -OCH3 is 2. The first-order valence-electron chi connectivity index (χ1n) is 7.86. The molecule has 2 aromatic rings. The van der Waals surface area contributed by atoms with E-state index in [1.165, 1.54) is 5.56 Å². The molecule has 0 aromatic heterocycles. The van der Waals surface area contributed by atoms with Gasteiger partial charge in [-0.15, -0.1) is 0 Å². The van der Waals surface area contributed by atoms with Crippen LogP contribution in [0.15, 0.2) is 41.3 Å². The number of nitrogens with one attached hydrogen (secondary N) is 1. The van der Waals surface area contributed by atoms with Gasteiger partial charge in [-0.05, 0) is 60.7 Å². The molecule has 128 valence electrons. The van der Waals surface area contributed by atoms with E-state index in [0.29, 0.717) is 16.4 Å². The van der Waals surface area contributed by atoms with Gasteiger partial charge in [0.2, 0.25) is 10.0 Å². The van der Waals surface area contributed by atoms with E-state index in [-0.39, 0.29) is 6.54 Å². The molecule has 6 heteroatoms. The van der Waals surface area contributed by atoms with Gasteiger partial charge in [0.1, 0.15) is 11.5 Å². The zero-order valence-corrected chi connectivity index (χ0v) is 14.7. The van der Waals surface area contributed by atoms with Crippen molar-refractivity contribution in [1.29, 1.82) is 0 Å². The quantitative estimate of drug-likeness (QED) is 0.872. The Morgan fingerprint density at radius 3 is 2.54 bits per heavy atom. The van der Waals surface area contributed by atoms with Crippen molar-refractivity contribution >= 4 is 10.0 Å². The average Bonchev–Trinajstić information content (AvgIpc) is 3.07. The molecule has 0 aliphatic heterocycles. The molecule has 0 radical (unpaired) electrons. The van der Waals surface area contributed by atoms with Crippen molar-refractivity contribution < 1.29 is 17.9 Å². The molecule has 0 heterocycles. The van der Waals surface area contributed by atoms with Crippen molar-refractivity contribution in [2.24, 2.45) is 0 Å². The summed E-state index contributed by atoms with van der Waals surface area (Å²) in [5.74, 6) is 1.27. The molecule has 24 heavy (non-hydrogen) atoms. The first-order valence-corrected chi connectivity index (χ1v) is 9.34. The Balaban J connectivity index is 1.80. The Labute approximate surface area is 142 Å². The highest BCUT2D eigenvalue weighted by Gasteiger charge is 2.19. The number of fused-ring (bicyclic) bond motifs is 1. The third-order valence-corrected chi connectivity index (χ3v) is 5.72. The monoisotopic (exact) mass is 347 g/mol. The number of hydrogen-bond acceptors (Lipinski definition) is 4. The summed E-state index contributed by atoms with van der Waals surface area (Å²) in [6.45, 7) is 0.139. The van der Waals surface area contributed by atoms with E-state index in [1.807, 2.05) is 6.07 Å². The van der Waals surface area contributed by atoms with Gasteiger partial charge in [0.15, 0.2) is 0 Å². The minimum absolute atomic E-state index is 0.139. The number of benzene rings is 2. The summed E-state index contributed by atoms with van der Waals surface area (Å²) in [6.07, 6.45) is 3.07. The molecule has 3 rings (SSSR count). The SMILES string of the molecule is COc1ccc(OC)c(CNS(=O)(=O)c2ccc3c(c2)CCC3)c1. The summed E-state index contributed by atoms with van der Waals surface area (Å²) < 4.78 is 38.3. The van der Waals surface area contributed by atoms with Crippen molar-refractivity contribution in [3.63, 3.8) is 0 Å². The summed E-state index contributed by atoms with van der Waals surface area (Å²) in [5, 5.41) is 0. The van der Waals surface area contributed by atoms with E-state index in [1.54, 1.807) is 44.6 Å². The number of aryl methyl sites for hydroxylation is 2. The maximum Gasteiger partial charge on any atom is 0.240 e. The molecule has 2 aromatic carbocycles. The number of ether oxygens (including phenoxy) is 2. The van der Waals surface area contributed by atoms with Crippen molar-refractivity contribution in [1.82, 2.24) is 4.72 Å². The van der Waals surface area contributed by atoms with Gasteiger partial charge in [-0.1, -0.05) is 6.07 Å². The lowest BCUT2D eigenvalue weighted by atomic mass is 10.1. The van der Waals surface area contributed by atoms with Crippen LogP contribution < -0.4 is 14.2 Å². The first-order chi connectivity index (χ1) is 11.5. The lowest BCUT2D eigenvalue weighted by Gasteiger charge is -2.12. The minimum Gasteiger partial charge on any atom is -0.497 e. The maximum atomic E-state index is 12.6. The third-order valence-electron chi connectivity index (χ3n) is 4.32. The number of sulfonamides is 1. The lowest BCUT2D eigenvalue weighted by molar-refractivity contribution is 0.398. The van der Waals surface area contributed by atoms with Crippen LogP contribution in [0.1, 0.15) is 23.1 Å². The zero-order valence-electron chi connectivity index (χ0n) is 13.8. The van der Waals surface area contributed by atoms with Crippen molar-refractivity contribution in [3.05, 3.63) is 53.1 Å². The molecular weight excluding hydrogens is 326 g/mol. The first kappa shape index (κ1) is 16.8. The fraction of sp³-hybridized carbons (Fsp3) is 0.333. The smallest absolute Gasteiger partial charge is 0.240 e. The van der Waals surface area contributed by atoms with Gasteiger partial charge in [0.25, 0.3) is 0 Å². The van der Waals surface area contributed by atoms with E-state index in [4.69, 9.17) is 9.47 Å². The van der Waals surface area contributed by atoms with Gasteiger partial charge in [-0.2, -0.15) is 0 Å². The summed E-state index contributed by atoms with van der Waals surface area (Å²) in [5.41, 5.74) is 3.11. The third kappa shape index (κ3) is 3.39. The molecule has 0 fully saturated rings. The van der Waals surface area contributed by atoms with Crippen molar-refractivity contribution in [2.45, 2.75) is 30.7 Å². The van der Waals surface area contributed by atoms with Crippen LogP contribution in [-0.2, 0) is 29.4 Å². The average molecular weight is 347 g/mol. The highest BCUT2D eigenvalue weighted by molar-refractivity contribution is 7.89. The predicted molar refractivity (Wildman–Crippen MR) is 92.0 cm³/mol.